The summed E-state index contributed by atoms with van der Waals surface area (Å²) in [5.41, 5.74) is 0. The molecule has 10 heteroatoms. The van der Waals surface area contributed by atoms with Crippen molar-refractivity contribution in [2.45, 2.75) is 4.83 Å². The molecule has 0 aromatic carbocycles. The first kappa shape index (κ1) is 15.8. The van der Waals surface area contributed by atoms with Gasteiger partial charge in [0.1, 0.15) is 4.83 Å². The fourth-order valence-electron chi connectivity index (χ4n) is 0.735. The normalized spacial score (nSPS) is 14.4. The Bertz CT molecular complexity index is 442. The molecule has 0 saturated carbocycles. The van der Waals surface area contributed by atoms with E-state index < -0.39 is 35.7 Å². The molecule has 0 aliphatic rings. The Hall–Kier alpha value is -0.190. The van der Waals surface area contributed by atoms with Crippen LogP contribution in [-0.2, 0) is 29.4 Å². The Kier molecular flexibility index (Phi) is 5.87. The lowest BCUT2D eigenvalue weighted by atomic mass is 10.4. The summed E-state index contributed by atoms with van der Waals surface area (Å²) in [6.07, 6.45) is 0.804. The molecule has 0 heterocycles. The van der Waals surface area contributed by atoms with E-state index in [0.29, 0.717) is 0 Å². The highest BCUT2D eigenvalue weighted by atomic mass is 79.9. The smallest absolute Gasteiger partial charge is 0.320 e. The maximum absolute atomic E-state index is 11.2. The molecule has 0 bridgehead atoms. The summed E-state index contributed by atoms with van der Waals surface area (Å²) < 4.78 is 50.2. The molecule has 0 rings (SSSR count). The Balaban J connectivity index is 4.37. The van der Waals surface area contributed by atoms with Gasteiger partial charge in [-0.1, -0.05) is 15.9 Å². The zero-order valence-corrected chi connectivity index (χ0v) is 11.9. The van der Waals surface area contributed by atoms with E-state index in [1.807, 2.05) is 4.72 Å². The maximum atomic E-state index is 11.2. The highest BCUT2D eigenvalue weighted by Gasteiger charge is 2.22. The van der Waals surface area contributed by atoms with Crippen molar-refractivity contribution in [3.05, 3.63) is 0 Å². The van der Waals surface area contributed by atoms with Crippen LogP contribution in [0.2, 0.25) is 0 Å². The minimum atomic E-state index is -3.95. The fourth-order valence-corrected chi connectivity index (χ4v) is 4.31. The Labute approximate surface area is 103 Å². The Morgan fingerprint density at radius 3 is 2.25 bits per heavy atom. The first-order valence-electron chi connectivity index (χ1n) is 3.94. The number of halogens is 1. The molecule has 1 unspecified atom stereocenters. The molecule has 0 saturated heterocycles. The summed E-state index contributed by atoms with van der Waals surface area (Å²) in [5.74, 6) is -0.651. The third-order valence-corrected chi connectivity index (χ3v) is 5.57. The van der Waals surface area contributed by atoms with Crippen LogP contribution in [0, 0.1) is 0 Å². The van der Waals surface area contributed by atoms with Crippen molar-refractivity contribution in [2.24, 2.45) is 0 Å². The van der Waals surface area contributed by atoms with Gasteiger partial charge in [0.2, 0.25) is 10.0 Å². The number of methoxy groups -OCH3 is 1. The van der Waals surface area contributed by atoms with Gasteiger partial charge >= 0.3 is 5.97 Å². The van der Waals surface area contributed by atoms with Gasteiger partial charge in [0, 0.05) is 12.8 Å². The molecular formula is C6H12BrNO6S2. The van der Waals surface area contributed by atoms with Crippen molar-refractivity contribution in [3.8, 4) is 0 Å². The van der Waals surface area contributed by atoms with E-state index in [9.17, 15) is 21.6 Å². The van der Waals surface area contributed by atoms with Gasteiger partial charge in [0.05, 0.1) is 7.11 Å². The zero-order valence-electron chi connectivity index (χ0n) is 8.64. The minimum Gasteiger partial charge on any atom is -0.468 e. The minimum absolute atomic E-state index is 0.273. The van der Waals surface area contributed by atoms with Crippen LogP contribution in [0.25, 0.3) is 0 Å². The number of carbonyl (C=O) groups is 1. The first-order valence-corrected chi connectivity index (χ1v) is 8.57. The molecule has 7 nitrogen and oxygen atoms in total. The van der Waals surface area contributed by atoms with Crippen LogP contribution in [0.4, 0.5) is 0 Å². The Morgan fingerprint density at radius 1 is 1.38 bits per heavy atom. The second-order valence-electron chi connectivity index (χ2n) is 3.00. The van der Waals surface area contributed by atoms with Crippen molar-refractivity contribution >= 4 is 41.8 Å². The molecule has 0 fully saturated rings. The molecule has 0 amide bonds. The third-order valence-electron chi connectivity index (χ3n) is 1.31. The number of rotatable bonds is 6. The van der Waals surface area contributed by atoms with Gasteiger partial charge in [0.15, 0.2) is 14.9 Å². The van der Waals surface area contributed by atoms with Crippen LogP contribution < -0.4 is 4.72 Å². The molecule has 0 aliphatic carbocycles. The van der Waals surface area contributed by atoms with Crippen molar-refractivity contribution in [3.63, 3.8) is 0 Å². The number of sulfone groups is 1. The van der Waals surface area contributed by atoms with Crippen LogP contribution in [-0.4, -0.2) is 52.6 Å². The number of ether oxygens (including phenoxy) is 1. The molecule has 1 N–H and O–H groups in total. The average molecular weight is 338 g/mol. The van der Waals surface area contributed by atoms with Gasteiger partial charge in [-0.15, -0.1) is 0 Å². The average Bonchev–Trinajstić information content (AvgIpc) is 2.09. The number of esters is 1. The first-order chi connectivity index (χ1) is 7.07. The molecule has 96 valence electrons. The number of hydrogen-bond donors (Lipinski definition) is 1. The lowest BCUT2D eigenvalue weighted by Crippen LogP contribution is -2.36. The molecule has 0 aliphatic heterocycles. The van der Waals surface area contributed by atoms with Crippen LogP contribution >= 0.6 is 15.9 Å². The van der Waals surface area contributed by atoms with E-state index >= 15 is 0 Å². The summed E-state index contributed by atoms with van der Waals surface area (Å²) >= 11 is 2.88. The van der Waals surface area contributed by atoms with Crippen molar-refractivity contribution in [2.75, 3.05) is 25.0 Å². The number of nitrogens with one attached hydrogen (secondary N) is 1. The van der Waals surface area contributed by atoms with Crippen molar-refractivity contribution < 1.29 is 26.4 Å². The quantitative estimate of drug-likeness (QED) is 0.484. The standard InChI is InChI=1S/C6H12BrNO6S2/c1-14-6(9)5(7)3-8-16(12,13)4-15(2,10)11/h5,8H,3-4H2,1-2H3. The van der Waals surface area contributed by atoms with Gasteiger partial charge in [-0.05, 0) is 0 Å². The largest absolute Gasteiger partial charge is 0.468 e. The van der Waals surface area contributed by atoms with E-state index in [1.165, 1.54) is 0 Å². The third kappa shape index (κ3) is 7.14. The van der Waals surface area contributed by atoms with E-state index in [4.69, 9.17) is 0 Å². The molecular weight excluding hydrogens is 326 g/mol. The van der Waals surface area contributed by atoms with Gasteiger partial charge < -0.3 is 4.74 Å². The Morgan fingerprint density at radius 2 is 1.88 bits per heavy atom. The molecule has 1 atom stereocenters. The number of alkyl halides is 1. The number of hydrogen-bond acceptors (Lipinski definition) is 6. The second-order valence-corrected chi connectivity index (χ2v) is 8.42. The molecule has 0 radical (unpaired) electrons. The SMILES string of the molecule is COC(=O)C(Br)CNS(=O)(=O)CS(C)(=O)=O. The van der Waals surface area contributed by atoms with Gasteiger partial charge in [-0.2, -0.15) is 0 Å². The highest BCUT2D eigenvalue weighted by Crippen LogP contribution is 2.01. The number of sulfonamides is 1. The van der Waals surface area contributed by atoms with Crippen LogP contribution in [0.1, 0.15) is 0 Å². The van der Waals surface area contributed by atoms with Crippen molar-refractivity contribution in [1.82, 2.24) is 4.72 Å². The van der Waals surface area contributed by atoms with Crippen LogP contribution in [0.3, 0.4) is 0 Å². The van der Waals surface area contributed by atoms with Crippen LogP contribution in [0.5, 0.6) is 0 Å². The summed E-state index contributed by atoms with van der Waals surface area (Å²) in [6.45, 7) is -0.273. The van der Waals surface area contributed by atoms with E-state index in [-0.39, 0.29) is 6.54 Å². The summed E-state index contributed by atoms with van der Waals surface area (Å²) in [5, 5.41) is -1.01. The predicted molar refractivity (Wildman–Crippen MR) is 61.4 cm³/mol. The van der Waals surface area contributed by atoms with Gasteiger partial charge in [0.25, 0.3) is 0 Å². The zero-order chi connectivity index (χ0) is 13.0. The van der Waals surface area contributed by atoms with E-state index in [1.54, 1.807) is 0 Å². The van der Waals surface area contributed by atoms with Crippen molar-refractivity contribution in [1.29, 1.82) is 0 Å². The van der Waals surface area contributed by atoms with Gasteiger partial charge in [-0.3, -0.25) is 4.79 Å². The summed E-state index contributed by atoms with van der Waals surface area (Å²) in [6, 6.07) is 0. The molecule has 0 spiro atoms. The van der Waals surface area contributed by atoms with E-state index in [0.717, 1.165) is 13.4 Å². The van der Waals surface area contributed by atoms with E-state index in [2.05, 4.69) is 20.7 Å². The van der Waals surface area contributed by atoms with Crippen LogP contribution in [0.15, 0.2) is 0 Å². The maximum Gasteiger partial charge on any atom is 0.320 e. The molecule has 0 aromatic heterocycles. The highest BCUT2D eigenvalue weighted by molar-refractivity contribution is 9.10. The topological polar surface area (TPSA) is 107 Å². The second kappa shape index (κ2) is 5.94. The molecule has 16 heavy (non-hydrogen) atoms. The summed E-state index contributed by atoms with van der Waals surface area (Å²) in [7, 11) is -6.43. The monoisotopic (exact) mass is 337 g/mol. The number of carbonyl (C=O) groups excluding carboxylic acids is 1. The van der Waals surface area contributed by atoms with Gasteiger partial charge in [-0.25, -0.2) is 21.6 Å². The summed E-state index contributed by atoms with van der Waals surface area (Å²) in [4.78, 5) is 10.0. The molecule has 0 aromatic rings. The lowest BCUT2D eigenvalue weighted by Gasteiger charge is -2.09. The predicted octanol–water partition coefficient (Wildman–Crippen LogP) is -1.16. The fraction of sp³-hybridized carbons (Fsp3) is 0.833. The lowest BCUT2D eigenvalue weighted by molar-refractivity contribution is -0.139.